The normalized spacial score (nSPS) is 11.7. The van der Waals surface area contributed by atoms with Gasteiger partial charge in [-0.1, -0.05) is 162 Å². The average Bonchev–Trinajstić information content (AvgIpc) is 3.10. The molecule has 49 heavy (non-hydrogen) atoms. The highest BCUT2D eigenvalue weighted by Crippen LogP contribution is 2.15. The lowest BCUT2D eigenvalue weighted by Crippen LogP contribution is -2.29. The second-order valence-corrected chi connectivity index (χ2v) is 14.7. The third-order valence-electron chi connectivity index (χ3n) is 9.80. The van der Waals surface area contributed by atoms with Crippen molar-refractivity contribution in [1.29, 1.82) is 0 Å². The minimum atomic E-state index is -0.0279. The number of ether oxygens (including phenoxy) is 3. The van der Waals surface area contributed by atoms with Crippen LogP contribution in [0.3, 0.4) is 0 Å². The quantitative estimate of drug-likeness (QED) is 0.0389. The molecule has 6 nitrogen and oxygen atoms in total. The van der Waals surface area contributed by atoms with Crippen molar-refractivity contribution in [3.05, 3.63) is 0 Å². The van der Waals surface area contributed by atoms with E-state index in [0.717, 1.165) is 71.4 Å². The van der Waals surface area contributed by atoms with Crippen LogP contribution in [0.15, 0.2) is 0 Å². The molecule has 0 heterocycles. The molecular formula is C43H87NO5. The highest BCUT2D eigenvalue weighted by Gasteiger charge is 2.10. The van der Waals surface area contributed by atoms with Crippen LogP contribution in [0.2, 0.25) is 0 Å². The molecule has 0 aliphatic heterocycles. The first-order valence-electron chi connectivity index (χ1n) is 21.9. The molecule has 1 N–H and O–H groups in total. The van der Waals surface area contributed by atoms with Crippen molar-refractivity contribution in [1.82, 2.24) is 4.90 Å². The van der Waals surface area contributed by atoms with Crippen molar-refractivity contribution in [2.75, 3.05) is 46.1 Å². The van der Waals surface area contributed by atoms with Gasteiger partial charge in [-0.25, -0.2) is 0 Å². The Morgan fingerprint density at radius 3 is 1.33 bits per heavy atom. The van der Waals surface area contributed by atoms with Gasteiger partial charge in [-0.05, 0) is 64.5 Å². The highest BCUT2D eigenvalue weighted by atomic mass is 16.7. The van der Waals surface area contributed by atoms with Crippen LogP contribution in [0.4, 0.5) is 0 Å². The molecule has 0 bridgehead atoms. The van der Waals surface area contributed by atoms with Crippen LogP contribution in [0.25, 0.3) is 0 Å². The summed E-state index contributed by atoms with van der Waals surface area (Å²) in [5.74, 6) is -0.0198. The van der Waals surface area contributed by atoms with E-state index >= 15 is 0 Å². The lowest BCUT2D eigenvalue weighted by atomic mass is 10.1. The van der Waals surface area contributed by atoms with Gasteiger partial charge in [-0.3, -0.25) is 4.79 Å². The van der Waals surface area contributed by atoms with E-state index in [1.54, 1.807) is 0 Å². The number of aliphatic hydroxyl groups is 1. The zero-order valence-electron chi connectivity index (χ0n) is 33.5. The summed E-state index contributed by atoms with van der Waals surface area (Å²) in [6, 6.07) is 0. The Hall–Kier alpha value is -0.690. The standard InChI is InChI=1S/C43H87NO5/c1-4-7-10-13-16-25-30-39-47-42(46)33-26-19-17-21-28-35-44(37-38-45)36-29-22-18-20-27-34-43(48-40-31-23-14-11-8-5-2)49-41-32-24-15-12-9-6-3/h43,45H,4-41H2,1-3H3. The largest absolute Gasteiger partial charge is 0.466 e. The number of nitrogens with zero attached hydrogens (tertiary/aromatic N) is 1. The molecule has 0 aromatic heterocycles. The van der Waals surface area contributed by atoms with E-state index in [-0.39, 0.29) is 18.9 Å². The Kier molecular flexibility index (Phi) is 41.1. The Morgan fingerprint density at radius 1 is 0.469 bits per heavy atom. The fourth-order valence-electron chi connectivity index (χ4n) is 6.52. The van der Waals surface area contributed by atoms with Crippen LogP contribution in [0.1, 0.15) is 220 Å². The van der Waals surface area contributed by atoms with E-state index < -0.39 is 0 Å². The molecule has 0 aromatic carbocycles. The SMILES string of the molecule is CCCCCCCCCOC(=O)CCCCCCCN(CCO)CCCCCCCC(OCCCCCCCC)OCCCCCCCC. The first kappa shape index (κ1) is 48.3. The van der Waals surface area contributed by atoms with E-state index in [4.69, 9.17) is 14.2 Å². The van der Waals surface area contributed by atoms with E-state index in [0.29, 0.717) is 13.0 Å². The van der Waals surface area contributed by atoms with Gasteiger partial charge < -0.3 is 24.2 Å². The van der Waals surface area contributed by atoms with Crippen molar-refractivity contribution in [3.8, 4) is 0 Å². The predicted molar refractivity (Wildman–Crippen MR) is 210 cm³/mol. The molecule has 0 spiro atoms. The van der Waals surface area contributed by atoms with Crippen molar-refractivity contribution in [3.63, 3.8) is 0 Å². The Balaban J connectivity index is 3.93. The molecule has 0 aromatic rings. The number of carbonyl (C=O) groups excluding carboxylic acids is 1. The molecule has 0 saturated heterocycles. The molecule has 6 heteroatoms. The summed E-state index contributed by atoms with van der Waals surface area (Å²) in [4.78, 5) is 14.4. The first-order valence-corrected chi connectivity index (χ1v) is 21.9. The smallest absolute Gasteiger partial charge is 0.305 e. The topological polar surface area (TPSA) is 68.2 Å². The maximum absolute atomic E-state index is 12.0. The monoisotopic (exact) mass is 698 g/mol. The third-order valence-corrected chi connectivity index (χ3v) is 9.80. The summed E-state index contributed by atoms with van der Waals surface area (Å²) in [5, 5.41) is 9.56. The lowest BCUT2D eigenvalue weighted by molar-refractivity contribution is -0.148. The minimum Gasteiger partial charge on any atom is -0.466 e. The molecule has 0 saturated carbocycles. The third kappa shape index (κ3) is 38.4. The fourth-order valence-corrected chi connectivity index (χ4v) is 6.52. The molecule has 0 radical (unpaired) electrons. The van der Waals surface area contributed by atoms with Gasteiger partial charge in [-0.15, -0.1) is 0 Å². The minimum absolute atomic E-state index is 0.0198. The van der Waals surface area contributed by atoms with Gasteiger partial charge in [0.25, 0.3) is 0 Å². The molecule has 0 amide bonds. The van der Waals surface area contributed by atoms with Crippen LogP contribution < -0.4 is 0 Å². The lowest BCUT2D eigenvalue weighted by Gasteiger charge is -2.21. The summed E-state index contributed by atoms with van der Waals surface area (Å²) < 4.78 is 17.9. The molecule has 0 aliphatic carbocycles. The summed E-state index contributed by atoms with van der Waals surface area (Å²) in [6.45, 7) is 12.2. The number of carbonyl (C=O) groups is 1. The van der Waals surface area contributed by atoms with Gasteiger partial charge in [0.2, 0.25) is 0 Å². The molecule has 0 unspecified atom stereocenters. The van der Waals surface area contributed by atoms with Crippen LogP contribution in [0, 0.1) is 0 Å². The number of unbranched alkanes of at least 4 members (excludes halogenated alkanes) is 24. The predicted octanol–water partition coefficient (Wildman–Crippen LogP) is 12.3. The van der Waals surface area contributed by atoms with Crippen molar-refractivity contribution in [2.24, 2.45) is 0 Å². The zero-order valence-corrected chi connectivity index (χ0v) is 33.5. The van der Waals surface area contributed by atoms with Gasteiger partial charge in [0.1, 0.15) is 0 Å². The Bertz CT molecular complexity index is 615. The van der Waals surface area contributed by atoms with Crippen molar-refractivity contribution >= 4 is 5.97 Å². The zero-order chi connectivity index (χ0) is 35.7. The molecule has 294 valence electrons. The Labute approximate surface area is 306 Å². The van der Waals surface area contributed by atoms with Crippen LogP contribution in [0.5, 0.6) is 0 Å². The van der Waals surface area contributed by atoms with Gasteiger partial charge >= 0.3 is 5.97 Å². The summed E-state index contributed by atoms with van der Waals surface area (Å²) in [5.41, 5.74) is 0. The maximum atomic E-state index is 12.0. The van der Waals surface area contributed by atoms with E-state index in [1.165, 1.54) is 154 Å². The molecule has 0 rings (SSSR count). The van der Waals surface area contributed by atoms with E-state index in [2.05, 4.69) is 25.7 Å². The first-order chi connectivity index (χ1) is 24.2. The van der Waals surface area contributed by atoms with Crippen molar-refractivity contribution in [2.45, 2.75) is 226 Å². The van der Waals surface area contributed by atoms with Crippen molar-refractivity contribution < 1.29 is 24.1 Å². The van der Waals surface area contributed by atoms with E-state index in [1.807, 2.05) is 0 Å². The number of hydrogen-bond donors (Lipinski definition) is 1. The molecular weight excluding hydrogens is 610 g/mol. The average molecular weight is 698 g/mol. The van der Waals surface area contributed by atoms with Gasteiger partial charge in [-0.2, -0.15) is 0 Å². The molecule has 0 atom stereocenters. The summed E-state index contributed by atoms with van der Waals surface area (Å²) >= 11 is 0. The van der Waals surface area contributed by atoms with Gasteiger partial charge in [0.15, 0.2) is 6.29 Å². The molecule has 0 fully saturated rings. The van der Waals surface area contributed by atoms with Crippen LogP contribution in [-0.4, -0.2) is 68.3 Å². The highest BCUT2D eigenvalue weighted by molar-refractivity contribution is 5.69. The van der Waals surface area contributed by atoms with Crippen LogP contribution in [-0.2, 0) is 19.0 Å². The maximum Gasteiger partial charge on any atom is 0.305 e. The summed E-state index contributed by atoms with van der Waals surface area (Å²) in [6.07, 6.45) is 37.5. The Morgan fingerprint density at radius 2 is 0.857 bits per heavy atom. The number of hydrogen-bond acceptors (Lipinski definition) is 6. The second kappa shape index (κ2) is 41.7. The molecule has 0 aliphatic rings. The second-order valence-electron chi connectivity index (χ2n) is 14.7. The van der Waals surface area contributed by atoms with Gasteiger partial charge in [0.05, 0.1) is 13.2 Å². The summed E-state index contributed by atoms with van der Waals surface area (Å²) in [7, 11) is 0. The number of esters is 1. The van der Waals surface area contributed by atoms with E-state index in [9.17, 15) is 9.90 Å². The van der Waals surface area contributed by atoms with Gasteiger partial charge in [0, 0.05) is 26.2 Å². The van der Waals surface area contributed by atoms with Crippen LogP contribution >= 0.6 is 0 Å². The number of rotatable bonds is 42. The fraction of sp³-hybridized carbons (Fsp3) is 0.977. The number of aliphatic hydroxyl groups excluding tert-OH is 1.